The molecule has 0 aliphatic heterocycles. The van der Waals surface area contributed by atoms with E-state index in [2.05, 4.69) is 30.8 Å². The van der Waals surface area contributed by atoms with E-state index in [1.807, 2.05) is 0 Å². The molecule has 2 heterocycles. The molecule has 0 aliphatic rings. The summed E-state index contributed by atoms with van der Waals surface area (Å²) in [5.41, 5.74) is -24.6. The Morgan fingerprint density at radius 2 is 0.550 bits per heavy atom. The zero-order valence-corrected chi connectivity index (χ0v) is 20.8. The van der Waals surface area contributed by atoms with E-state index in [0.717, 1.165) is 0 Å². The second-order valence-electron chi connectivity index (χ2n) is 5.28. The first-order chi connectivity index (χ1) is 17.4. The minimum Gasteiger partial charge on any atom is -0.202 e. The maximum Gasteiger partial charge on any atom is 0.512 e. The van der Waals surface area contributed by atoms with Crippen LogP contribution in [-0.2, 0) is 40.1 Å². The van der Waals surface area contributed by atoms with E-state index < -0.39 is 70.4 Å². The first-order valence-corrected chi connectivity index (χ1v) is 13.8. The average Bonchev–Trinajstić information content (AvgIpc) is 3.43. The van der Waals surface area contributed by atoms with Gasteiger partial charge in [-0.2, -0.15) is 83.5 Å². The molecule has 32 heteroatoms. The Morgan fingerprint density at radius 1 is 0.400 bits per heavy atom. The monoisotopic (exact) mass is 700 g/mol. The number of alkyl halides is 12. The van der Waals surface area contributed by atoms with Gasteiger partial charge in [0.25, 0.3) is 0 Å². The third kappa shape index (κ3) is 13.5. The fraction of sp³-hybridized carbons (Fsp3) is 0.500. The molecular weight excluding hydrogens is 692 g/mol. The van der Waals surface area contributed by atoms with Crippen molar-refractivity contribution in [1.82, 2.24) is 39.1 Å². The number of halogens is 12. The second kappa shape index (κ2) is 13.7. The summed E-state index contributed by atoms with van der Waals surface area (Å²) in [6.07, 6.45) is 6.33. The molecule has 0 aromatic carbocycles. The lowest BCUT2D eigenvalue weighted by Crippen LogP contribution is -2.45. The standard InChI is InChI=1S/2C2HF6NO4S2.2C2H3N3/c2*3-1(4,5)14(10,11)9-15(12,13)2(6,7)8;2*1-2-4-5-3-1/h2*9H;2*1-2H,(H,3,4,5). The second-order valence-corrected chi connectivity index (χ2v) is 12.5. The number of rotatable bonds is 4. The van der Waals surface area contributed by atoms with Gasteiger partial charge in [0.15, 0.2) is 0 Å². The van der Waals surface area contributed by atoms with Crippen LogP contribution in [0.1, 0.15) is 0 Å². The van der Waals surface area contributed by atoms with Gasteiger partial charge in [-0.05, 0) is 0 Å². The summed E-state index contributed by atoms with van der Waals surface area (Å²) in [5, 5.41) is 18.7. The van der Waals surface area contributed by atoms with Gasteiger partial charge in [-0.15, -0.1) is 0 Å². The van der Waals surface area contributed by atoms with E-state index in [0.29, 0.717) is 0 Å². The Kier molecular flexibility index (Phi) is 13.4. The van der Waals surface area contributed by atoms with Crippen molar-refractivity contribution in [2.24, 2.45) is 0 Å². The molecule has 2 rings (SSSR count). The van der Waals surface area contributed by atoms with Gasteiger partial charge in [0.1, 0.15) is 0 Å². The maximum atomic E-state index is 11.5. The topological polar surface area (TPSA) is 244 Å². The summed E-state index contributed by atoms with van der Waals surface area (Å²) in [6, 6.07) is 0. The first kappa shape index (κ1) is 39.3. The lowest BCUT2D eigenvalue weighted by Gasteiger charge is -2.11. The molecule has 16 nitrogen and oxygen atoms in total. The molecule has 0 saturated heterocycles. The van der Waals surface area contributed by atoms with Gasteiger partial charge >= 0.3 is 62.1 Å². The van der Waals surface area contributed by atoms with Crippen molar-refractivity contribution in [2.75, 3.05) is 0 Å². The number of aromatic amines is 2. The smallest absolute Gasteiger partial charge is 0.202 e. The summed E-state index contributed by atoms with van der Waals surface area (Å²) in [5.74, 6) is 0. The Bertz CT molecular complexity index is 1200. The van der Waals surface area contributed by atoms with E-state index in [1.165, 1.54) is 0 Å². The summed E-state index contributed by atoms with van der Waals surface area (Å²) in [7, 11) is -26.4. The fourth-order valence-corrected chi connectivity index (χ4v) is 4.63. The third-order valence-corrected chi connectivity index (χ3v) is 8.27. The van der Waals surface area contributed by atoms with Crippen LogP contribution in [-0.4, -0.2) is 86.5 Å². The van der Waals surface area contributed by atoms with Crippen molar-refractivity contribution in [3.05, 3.63) is 24.8 Å². The molecular formula is C8H8F12N8O8S4. The van der Waals surface area contributed by atoms with Gasteiger partial charge < -0.3 is 0 Å². The molecule has 0 radical (unpaired) electrons. The molecule has 0 saturated carbocycles. The number of H-pyrrole nitrogens is 2. The quantitative estimate of drug-likeness (QED) is 0.312. The van der Waals surface area contributed by atoms with Crippen LogP contribution in [0.2, 0.25) is 0 Å². The Hall–Kier alpha value is -2.84. The van der Waals surface area contributed by atoms with Crippen LogP contribution in [0.5, 0.6) is 0 Å². The van der Waals surface area contributed by atoms with E-state index in [1.54, 1.807) is 24.8 Å². The number of sulfonamides is 4. The molecule has 40 heavy (non-hydrogen) atoms. The first-order valence-electron chi connectivity index (χ1n) is 7.83. The molecule has 0 fully saturated rings. The highest BCUT2D eigenvalue weighted by atomic mass is 32.3. The molecule has 0 unspecified atom stereocenters. The summed E-state index contributed by atoms with van der Waals surface area (Å²) in [6.45, 7) is 0. The van der Waals surface area contributed by atoms with Crippen molar-refractivity contribution in [3.63, 3.8) is 0 Å². The minimum atomic E-state index is -6.60. The fourth-order valence-electron chi connectivity index (χ4n) is 0.811. The number of hydrogen-bond acceptors (Lipinski definition) is 12. The van der Waals surface area contributed by atoms with Crippen molar-refractivity contribution in [1.29, 1.82) is 0 Å². The number of aromatic nitrogens is 6. The lowest BCUT2D eigenvalue weighted by atomic mass is 11.0. The van der Waals surface area contributed by atoms with Crippen LogP contribution >= 0.6 is 0 Å². The van der Waals surface area contributed by atoms with Gasteiger partial charge in [0.05, 0.1) is 24.8 Å². The van der Waals surface area contributed by atoms with Crippen LogP contribution < -0.4 is 8.25 Å². The normalized spacial score (nSPS) is 13.5. The molecule has 0 spiro atoms. The van der Waals surface area contributed by atoms with E-state index in [4.69, 9.17) is 0 Å². The van der Waals surface area contributed by atoms with Crippen molar-refractivity contribution >= 4 is 40.1 Å². The predicted molar refractivity (Wildman–Crippen MR) is 98.9 cm³/mol. The van der Waals surface area contributed by atoms with E-state index >= 15 is 0 Å². The van der Waals surface area contributed by atoms with Gasteiger partial charge in [-0.25, -0.2) is 33.7 Å². The zero-order valence-electron chi connectivity index (χ0n) is 17.5. The summed E-state index contributed by atoms with van der Waals surface area (Å²) >= 11 is 0. The molecule has 4 N–H and O–H groups in total. The number of nitrogens with one attached hydrogen (secondary N) is 4. The van der Waals surface area contributed by atoms with Crippen LogP contribution in [0, 0.1) is 0 Å². The predicted octanol–water partition coefficient (Wildman–Crippen LogP) is 0.160. The highest BCUT2D eigenvalue weighted by molar-refractivity contribution is 8.06. The molecule has 0 aliphatic carbocycles. The summed E-state index contributed by atoms with van der Waals surface area (Å²) in [4.78, 5) is 0. The van der Waals surface area contributed by atoms with Crippen LogP contribution in [0.3, 0.4) is 0 Å². The maximum absolute atomic E-state index is 11.5. The lowest BCUT2D eigenvalue weighted by molar-refractivity contribution is -0.0487. The van der Waals surface area contributed by atoms with Gasteiger partial charge in [-0.1, -0.05) is 8.25 Å². The largest absolute Gasteiger partial charge is 0.512 e. The third-order valence-electron chi connectivity index (χ3n) is 2.32. The van der Waals surface area contributed by atoms with E-state index in [-0.39, 0.29) is 0 Å². The Balaban J connectivity index is 0. The van der Waals surface area contributed by atoms with Crippen molar-refractivity contribution in [3.8, 4) is 0 Å². The molecule has 2 aromatic heterocycles. The molecule has 0 bridgehead atoms. The molecule has 0 amide bonds. The van der Waals surface area contributed by atoms with E-state index in [9.17, 15) is 86.4 Å². The number of hydrogen-bond donors (Lipinski definition) is 4. The van der Waals surface area contributed by atoms with Gasteiger partial charge in [-0.3, -0.25) is 0 Å². The SMILES string of the molecule is O=S(=O)(NS(=O)(=O)C(F)(F)F)C(F)(F)F.O=S(=O)(NS(=O)(=O)C(F)(F)F)C(F)(F)F.c1cn[nH]n1.c1cn[nH]n1. The van der Waals surface area contributed by atoms with Crippen molar-refractivity contribution < 1.29 is 86.4 Å². The zero-order chi connectivity index (χ0) is 32.5. The van der Waals surface area contributed by atoms with Crippen LogP contribution in [0.25, 0.3) is 0 Å². The van der Waals surface area contributed by atoms with Crippen LogP contribution in [0.4, 0.5) is 52.7 Å². The number of nitrogens with zero attached hydrogens (tertiary/aromatic N) is 4. The highest BCUT2D eigenvalue weighted by Crippen LogP contribution is 2.28. The molecule has 236 valence electrons. The Morgan fingerprint density at radius 3 is 0.625 bits per heavy atom. The molecule has 0 atom stereocenters. The Labute approximate surface area is 212 Å². The summed E-state index contributed by atoms with van der Waals surface area (Å²) < 4.78 is 217. The average molecular weight is 700 g/mol. The minimum absolute atomic E-state index is 0.493. The molecule has 2 aromatic rings. The van der Waals surface area contributed by atoms with Gasteiger partial charge in [0, 0.05) is 0 Å². The van der Waals surface area contributed by atoms with Gasteiger partial charge in [0.2, 0.25) is 0 Å². The van der Waals surface area contributed by atoms with Crippen molar-refractivity contribution in [2.45, 2.75) is 22.0 Å². The highest BCUT2D eigenvalue weighted by Gasteiger charge is 2.56. The van der Waals surface area contributed by atoms with Crippen LogP contribution in [0.15, 0.2) is 24.8 Å².